The van der Waals surface area contributed by atoms with Crippen molar-refractivity contribution >= 4 is 5.91 Å². The maximum absolute atomic E-state index is 11.9. The number of rotatable bonds is 5. The molecule has 1 fully saturated rings. The fraction of sp³-hybridized carbons (Fsp3) is 0.929. The topological polar surface area (TPSA) is 41.1 Å². The number of nitrogens with one attached hydrogen (secondary N) is 2. The first-order valence-electron chi connectivity index (χ1n) is 7.00. The molecular formula is C14H28N2O. The van der Waals surface area contributed by atoms with Crippen LogP contribution in [0.25, 0.3) is 0 Å². The lowest BCUT2D eigenvalue weighted by Crippen LogP contribution is -2.39. The van der Waals surface area contributed by atoms with Crippen LogP contribution < -0.4 is 10.6 Å². The first-order chi connectivity index (χ1) is 8.00. The van der Waals surface area contributed by atoms with Gasteiger partial charge in [-0.15, -0.1) is 0 Å². The molecule has 3 unspecified atom stereocenters. The summed E-state index contributed by atoms with van der Waals surface area (Å²) in [6.45, 7) is 10.8. The molecule has 100 valence electrons. The molecule has 2 N–H and O–H groups in total. The predicted molar refractivity (Wildman–Crippen MR) is 71.8 cm³/mol. The van der Waals surface area contributed by atoms with E-state index in [4.69, 9.17) is 0 Å². The first kappa shape index (κ1) is 14.5. The Hall–Kier alpha value is -0.570. The summed E-state index contributed by atoms with van der Waals surface area (Å²) >= 11 is 0. The van der Waals surface area contributed by atoms with E-state index in [-0.39, 0.29) is 11.9 Å². The average Bonchev–Trinajstić information content (AvgIpc) is 2.29. The van der Waals surface area contributed by atoms with E-state index in [0.717, 1.165) is 13.1 Å². The molecule has 1 rings (SSSR count). The maximum Gasteiger partial charge on any atom is 0.220 e. The van der Waals surface area contributed by atoms with E-state index in [9.17, 15) is 4.79 Å². The van der Waals surface area contributed by atoms with Crippen LogP contribution in [0.1, 0.15) is 47.0 Å². The van der Waals surface area contributed by atoms with E-state index in [1.165, 1.54) is 12.8 Å². The summed E-state index contributed by atoms with van der Waals surface area (Å²) in [4.78, 5) is 11.9. The number of hydrogen-bond donors (Lipinski definition) is 2. The molecule has 1 aliphatic heterocycles. The van der Waals surface area contributed by atoms with Gasteiger partial charge in [-0.3, -0.25) is 4.79 Å². The van der Waals surface area contributed by atoms with E-state index in [0.29, 0.717) is 24.2 Å². The lowest BCUT2D eigenvalue weighted by atomic mass is 9.85. The molecule has 3 heteroatoms. The molecule has 1 aliphatic rings. The van der Waals surface area contributed by atoms with Crippen LogP contribution in [0.4, 0.5) is 0 Å². The smallest absolute Gasteiger partial charge is 0.220 e. The molecule has 17 heavy (non-hydrogen) atoms. The molecule has 0 aromatic carbocycles. The van der Waals surface area contributed by atoms with Gasteiger partial charge < -0.3 is 10.6 Å². The molecule has 3 nitrogen and oxygen atoms in total. The fourth-order valence-corrected chi connectivity index (χ4v) is 2.30. The molecule has 1 amide bonds. The molecule has 0 aromatic heterocycles. The van der Waals surface area contributed by atoms with Crippen LogP contribution in [0.2, 0.25) is 0 Å². The Kier molecular flexibility index (Phi) is 5.96. The number of hydrogen-bond acceptors (Lipinski definition) is 2. The third-order valence-corrected chi connectivity index (χ3v) is 4.04. The minimum atomic E-state index is 0.212. The highest BCUT2D eigenvalue weighted by molar-refractivity contribution is 5.76. The lowest BCUT2D eigenvalue weighted by Gasteiger charge is -2.28. The molecule has 0 spiro atoms. The summed E-state index contributed by atoms with van der Waals surface area (Å²) in [5.41, 5.74) is 0. The van der Waals surface area contributed by atoms with Gasteiger partial charge in [-0.25, -0.2) is 0 Å². The second-order valence-corrected chi connectivity index (χ2v) is 5.89. The van der Waals surface area contributed by atoms with Gasteiger partial charge in [-0.1, -0.05) is 20.8 Å². The summed E-state index contributed by atoms with van der Waals surface area (Å²) in [7, 11) is 0. The number of carbonyl (C=O) groups is 1. The highest BCUT2D eigenvalue weighted by atomic mass is 16.1. The van der Waals surface area contributed by atoms with Gasteiger partial charge in [0.25, 0.3) is 0 Å². The van der Waals surface area contributed by atoms with Crippen molar-refractivity contribution in [1.82, 2.24) is 10.6 Å². The fourth-order valence-electron chi connectivity index (χ4n) is 2.30. The van der Waals surface area contributed by atoms with Crippen molar-refractivity contribution in [2.24, 2.45) is 17.8 Å². The number of piperidine rings is 1. The minimum absolute atomic E-state index is 0.212. The van der Waals surface area contributed by atoms with Crippen LogP contribution >= 0.6 is 0 Å². The van der Waals surface area contributed by atoms with Gasteiger partial charge in [-0.05, 0) is 50.6 Å². The highest BCUT2D eigenvalue weighted by Gasteiger charge is 2.22. The van der Waals surface area contributed by atoms with E-state index >= 15 is 0 Å². The van der Waals surface area contributed by atoms with Crippen molar-refractivity contribution in [2.75, 3.05) is 13.1 Å². The van der Waals surface area contributed by atoms with Gasteiger partial charge in [0.15, 0.2) is 0 Å². The van der Waals surface area contributed by atoms with Gasteiger partial charge in [0.2, 0.25) is 5.91 Å². The van der Waals surface area contributed by atoms with Gasteiger partial charge in [-0.2, -0.15) is 0 Å². The first-order valence-corrected chi connectivity index (χ1v) is 7.00. The zero-order chi connectivity index (χ0) is 12.8. The third kappa shape index (κ3) is 5.07. The standard InChI is InChI=1S/C14H28N2O/c1-10(2)12(4)16-14(17)8-11(3)13-6-5-7-15-9-13/h10-13,15H,5-9H2,1-4H3,(H,16,17). The molecule has 0 radical (unpaired) electrons. The van der Waals surface area contributed by atoms with E-state index in [2.05, 4.69) is 38.3 Å². The Labute approximate surface area is 106 Å². The van der Waals surface area contributed by atoms with E-state index < -0.39 is 0 Å². The maximum atomic E-state index is 11.9. The number of amides is 1. The van der Waals surface area contributed by atoms with Crippen LogP contribution in [-0.2, 0) is 4.79 Å². The van der Waals surface area contributed by atoms with Gasteiger partial charge in [0.1, 0.15) is 0 Å². The Balaban J connectivity index is 2.29. The highest BCUT2D eigenvalue weighted by Crippen LogP contribution is 2.22. The SMILES string of the molecule is CC(C)C(C)NC(=O)CC(C)C1CCCNC1. The molecule has 0 saturated carbocycles. The number of carbonyl (C=O) groups excluding carboxylic acids is 1. The van der Waals surface area contributed by atoms with Gasteiger partial charge >= 0.3 is 0 Å². The van der Waals surface area contributed by atoms with Crippen molar-refractivity contribution in [1.29, 1.82) is 0 Å². The Morgan fingerprint density at radius 3 is 2.59 bits per heavy atom. The monoisotopic (exact) mass is 240 g/mol. The second kappa shape index (κ2) is 7.00. The van der Waals surface area contributed by atoms with E-state index in [1.807, 2.05) is 0 Å². The van der Waals surface area contributed by atoms with Crippen LogP contribution in [0, 0.1) is 17.8 Å². The molecular weight excluding hydrogens is 212 g/mol. The summed E-state index contributed by atoms with van der Waals surface area (Å²) in [6, 6.07) is 0.277. The van der Waals surface area contributed by atoms with Crippen molar-refractivity contribution < 1.29 is 4.79 Å². The Morgan fingerprint density at radius 1 is 1.35 bits per heavy atom. The minimum Gasteiger partial charge on any atom is -0.353 e. The Bertz CT molecular complexity index is 234. The summed E-state index contributed by atoms with van der Waals surface area (Å²) in [5.74, 6) is 1.88. The predicted octanol–water partition coefficient (Wildman–Crippen LogP) is 2.17. The Morgan fingerprint density at radius 2 is 2.06 bits per heavy atom. The van der Waals surface area contributed by atoms with Gasteiger partial charge in [0, 0.05) is 12.5 Å². The van der Waals surface area contributed by atoms with Crippen molar-refractivity contribution in [3.05, 3.63) is 0 Å². The largest absolute Gasteiger partial charge is 0.353 e. The summed E-state index contributed by atoms with van der Waals surface area (Å²) in [5, 5.41) is 6.51. The van der Waals surface area contributed by atoms with Crippen LogP contribution in [0.5, 0.6) is 0 Å². The summed E-state index contributed by atoms with van der Waals surface area (Å²) < 4.78 is 0. The third-order valence-electron chi connectivity index (χ3n) is 4.04. The van der Waals surface area contributed by atoms with Crippen molar-refractivity contribution in [3.63, 3.8) is 0 Å². The molecule has 1 heterocycles. The quantitative estimate of drug-likeness (QED) is 0.773. The van der Waals surface area contributed by atoms with Gasteiger partial charge in [0.05, 0.1) is 0 Å². The molecule has 0 aliphatic carbocycles. The average molecular weight is 240 g/mol. The normalized spacial score (nSPS) is 24.4. The van der Waals surface area contributed by atoms with Crippen molar-refractivity contribution in [2.45, 2.75) is 53.0 Å². The van der Waals surface area contributed by atoms with Crippen molar-refractivity contribution in [3.8, 4) is 0 Å². The molecule has 3 atom stereocenters. The second-order valence-electron chi connectivity index (χ2n) is 5.89. The van der Waals surface area contributed by atoms with Crippen LogP contribution in [-0.4, -0.2) is 25.0 Å². The molecule has 0 aromatic rings. The molecule has 1 saturated heterocycles. The zero-order valence-corrected chi connectivity index (χ0v) is 11.8. The zero-order valence-electron chi connectivity index (χ0n) is 11.8. The van der Waals surface area contributed by atoms with Crippen LogP contribution in [0.3, 0.4) is 0 Å². The molecule has 0 bridgehead atoms. The lowest BCUT2D eigenvalue weighted by molar-refractivity contribution is -0.123. The summed E-state index contributed by atoms with van der Waals surface area (Å²) in [6.07, 6.45) is 3.18. The van der Waals surface area contributed by atoms with E-state index in [1.54, 1.807) is 0 Å². The van der Waals surface area contributed by atoms with Crippen LogP contribution in [0.15, 0.2) is 0 Å².